The van der Waals surface area contributed by atoms with Gasteiger partial charge in [0.2, 0.25) is 0 Å². The summed E-state index contributed by atoms with van der Waals surface area (Å²) in [5.41, 5.74) is 10.9. The fourth-order valence-corrected chi connectivity index (χ4v) is 3.95. The summed E-state index contributed by atoms with van der Waals surface area (Å²) in [6.45, 7) is 5.39. The number of nitrogen functional groups attached to an aromatic ring is 1. The molecule has 2 heterocycles. The Kier molecular flexibility index (Phi) is 4.41. The number of hydrogen-bond donors (Lipinski definition) is 1. The van der Waals surface area contributed by atoms with E-state index < -0.39 is 0 Å². The highest BCUT2D eigenvalue weighted by Crippen LogP contribution is 2.26. The minimum atomic E-state index is 0.724. The third kappa shape index (κ3) is 3.52. The first-order valence-corrected chi connectivity index (χ1v) is 9.08. The molecule has 1 aliphatic rings. The minimum absolute atomic E-state index is 0.724. The first kappa shape index (κ1) is 16.1. The molecular weight excluding hydrogens is 306 g/mol. The zero-order valence-electron chi connectivity index (χ0n) is 14.8. The third-order valence-electron chi connectivity index (χ3n) is 5.40. The predicted octanol–water partition coefficient (Wildman–Crippen LogP) is 4.19. The van der Waals surface area contributed by atoms with Crippen LogP contribution in [0.15, 0.2) is 54.9 Å². The Morgan fingerprint density at radius 3 is 3.00 bits per heavy atom. The van der Waals surface area contributed by atoms with Crippen LogP contribution in [0.25, 0.3) is 10.8 Å². The van der Waals surface area contributed by atoms with Crippen molar-refractivity contribution in [2.75, 3.05) is 18.8 Å². The van der Waals surface area contributed by atoms with E-state index in [0.29, 0.717) is 0 Å². The zero-order chi connectivity index (χ0) is 17.2. The van der Waals surface area contributed by atoms with Crippen molar-refractivity contribution in [2.45, 2.75) is 26.3 Å². The summed E-state index contributed by atoms with van der Waals surface area (Å²) in [5.74, 6) is 0.724. The lowest BCUT2D eigenvalue weighted by Gasteiger charge is -2.17. The van der Waals surface area contributed by atoms with Gasteiger partial charge in [0.25, 0.3) is 0 Å². The second-order valence-corrected chi connectivity index (χ2v) is 7.30. The van der Waals surface area contributed by atoms with E-state index in [4.69, 9.17) is 5.73 Å². The van der Waals surface area contributed by atoms with Crippen LogP contribution in [0.3, 0.4) is 0 Å². The number of aromatic nitrogens is 1. The van der Waals surface area contributed by atoms with Crippen LogP contribution in [0.4, 0.5) is 5.69 Å². The maximum atomic E-state index is 6.05. The van der Waals surface area contributed by atoms with Gasteiger partial charge < -0.3 is 5.73 Å². The highest BCUT2D eigenvalue weighted by molar-refractivity contribution is 5.84. The van der Waals surface area contributed by atoms with Crippen LogP contribution >= 0.6 is 0 Å². The van der Waals surface area contributed by atoms with E-state index >= 15 is 0 Å². The molecule has 0 aliphatic carbocycles. The molecule has 4 rings (SSSR count). The number of nitrogens with two attached hydrogens (primary N) is 1. The molecule has 1 aromatic heterocycles. The van der Waals surface area contributed by atoms with Crippen LogP contribution in [0.1, 0.15) is 23.1 Å². The number of nitrogens with zero attached hydrogens (tertiary/aromatic N) is 2. The SMILES string of the molecule is Cc1ccc(CN2CCC(Cc3cccc4cnccc34)C2)cc1N. The second-order valence-electron chi connectivity index (χ2n) is 7.30. The number of benzene rings is 2. The molecule has 2 aromatic carbocycles. The van der Waals surface area contributed by atoms with Gasteiger partial charge in [0.1, 0.15) is 0 Å². The van der Waals surface area contributed by atoms with Crippen molar-refractivity contribution in [3.8, 4) is 0 Å². The van der Waals surface area contributed by atoms with Gasteiger partial charge in [-0.15, -0.1) is 0 Å². The Morgan fingerprint density at radius 1 is 1.20 bits per heavy atom. The molecule has 0 amide bonds. The molecule has 1 fully saturated rings. The molecule has 0 radical (unpaired) electrons. The second kappa shape index (κ2) is 6.85. The standard InChI is InChI=1S/C22H25N3/c1-16-5-6-17(12-22(16)23)14-25-10-8-18(15-25)11-19-3-2-4-20-13-24-9-7-21(19)20/h2-7,9,12-13,18H,8,10-11,14-15,23H2,1H3. The molecule has 1 atom stereocenters. The van der Waals surface area contributed by atoms with E-state index in [1.165, 1.54) is 34.9 Å². The third-order valence-corrected chi connectivity index (χ3v) is 5.40. The maximum Gasteiger partial charge on any atom is 0.0346 e. The molecule has 3 heteroatoms. The van der Waals surface area contributed by atoms with Gasteiger partial charge >= 0.3 is 0 Å². The van der Waals surface area contributed by atoms with E-state index in [2.05, 4.69) is 59.3 Å². The molecule has 2 N–H and O–H groups in total. The lowest BCUT2D eigenvalue weighted by Crippen LogP contribution is -2.20. The smallest absolute Gasteiger partial charge is 0.0346 e. The summed E-state index contributed by atoms with van der Waals surface area (Å²) in [5, 5.41) is 2.59. The zero-order valence-corrected chi connectivity index (χ0v) is 14.8. The molecule has 1 unspecified atom stereocenters. The lowest BCUT2D eigenvalue weighted by molar-refractivity contribution is 0.316. The molecule has 3 nitrogen and oxygen atoms in total. The van der Waals surface area contributed by atoms with E-state index in [1.807, 2.05) is 12.4 Å². The largest absolute Gasteiger partial charge is 0.399 e. The van der Waals surface area contributed by atoms with Crippen LogP contribution < -0.4 is 5.73 Å². The monoisotopic (exact) mass is 331 g/mol. The van der Waals surface area contributed by atoms with Gasteiger partial charge in [-0.25, -0.2) is 0 Å². The highest BCUT2D eigenvalue weighted by atomic mass is 15.1. The number of likely N-dealkylation sites (tertiary alicyclic amines) is 1. The fourth-order valence-electron chi connectivity index (χ4n) is 3.95. The molecule has 0 spiro atoms. The van der Waals surface area contributed by atoms with Gasteiger partial charge in [-0.3, -0.25) is 9.88 Å². The summed E-state index contributed by atoms with van der Waals surface area (Å²) >= 11 is 0. The Hall–Kier alpha value is -2.39. The van der Waals surface area contributed by atoms with Crippen LogP contribution in [0.5, 0.6) is 0 Å². The Bertz CT molecular complexity index is 882. The number of anilines is 1. The minimum Gasteiger partial charge on any atom is -0.399 e. The molecule has 128 valence electrons. The van der Waals surface area contributed by atoms with Crippen molar-refractivity contribution < 1.29 is 0 Å². The molecule has 0 saturated carbocycles. The predicted molar refractivity (Wildman–Crippen MR) is 104 cm³/mol. The average molecular weight is 331 g/mol. The Labute approximate surface area is 149 Å². The van der Waals surface area contributed by atoms with Crippen LogP contribution in [-0.2, 0) is 13.0 Å². The molecule has 25 heavy (non-hydrogen) atoms. The van der Waals surface area contributed by atoms with E-state index in [1.54, 1.807) is 0 Å². The molecule has 1 saturated heterocycles. The lowest BCUT2D eigenvalue weighted by atomic mass is 9.95. The van der Waals surface area contributed by atoms with Gasteiger partial charge in [-0.05, 0) is 66.4 Å². The van der Waals surface area contributed by atoms with Gasteiger partial charge in [0.05, 0.1) is 0 Å². The normalized spacial score (nSPS) is 18.0. The fraction of sp³-hybridized carbons (Fsp3) is 0.318. The van der Waals surface area contributed by atoms with Crippen molar-refractivity contribution in [3.63, 3.8) is 0 Å². The van der Waals surface area contributed by atoms with Crippen molar-refractivity contribution in [1.29, 1.82) is 0 Å². The van der Waals surface area contributed by atoms with Crippen LogP contribution in [-0.4, -0.2) is 23.0 Å². The number of aryl methyl sites for hydroxylation is 1. The number of hydrogen-bond acceptors (Lipinski definition) is 3. The van der Waals surface area contributed by atoms with Crippen LogP contribution in [0.2, 0.25) is 0 Å². The van der Waals surface area contributed by atoms with Crippen molar-refractivity contribution >= 4 is 16.5 Å². The summed E-state index contributed by atoms with van der Waals surface area (Å²) in [7, 11) is 0. The number of rotatable bonds is 4. The van der Waals surface area contributed by atoms with Gasteiger partial charge in [-0.1, -0.05) is 30.3 Å². The Balaban J connectivity index is 1.43. The number of pyridine rings is 1. The summed E-state index contributed by atoms with van der Waals surface area (Å²) < 4.78 is 0. The topological polar surface area (TPSA) is 42.2 Å². The van der Waals surface area contributed by atoms with Gasteiger partial charge in [-0.2, -0.15) is 0 Å². The first-order chi connectivity index (χ1) is 12.2. The summed E-state index contributed by atoms with van der Waals surface area (Å²) in [6.07, 6.45) is 6.27. The maximum absolute atomic E-state index is 6.05. The number of fused-ring (bicyclic) bond motifs is 1. The van der Waals surface area contributed by atoms with Gasteiger partial charge in [0, 0.05) is 36.6 Å². The van der Waals surface area contributed by atoms with Crippen LogP contribution in [0, 0.1) is 12.8 Å². The van der Waals surface area contributed by atoms with Crippen molar-refractivity contribution in [1.82, 2.24) is 9.88 Å². The first-order valence-electron chi connectivity index (χ1n) is 9.08. The van der Waals surface area contributed by atoms with E-state index in [-0.39, 0.29) is 0 Å². The summed E-state index contributed by atoms with van der Waals surface area (Å²) in [6, 6.07) is 15.2. The molecule has 0 bridgehead atoms. The quantitative estimate of drug-likeness (QED) is 0.729. The average Bonchev–Trinajstić information content (AvgIpc) is 3.05. The van der Waals surface area contributed by atoms with Crippen molar-refractivity contribution in [3.05, 3.63) is 71.5 Å². The van der Waals surface area contributed by atoms with E-state index in [0.717, 1.165) is 36.7 Å². The van der Waals surface area contributed by atoms with Crippen molar-refractivity contribution in [2.24, 2.45) is 5.92 Å². The summed E-state index contributed by atoms with van der Waals surface area (Å²) in [4.78, 5) is 6.80. The van der Waals surface area contributed by atoms with Gasteiger partial charge in [0.15, 0.2) is 0 Å². The van der Waals surface area contributed by atoms with E-state index in [9.17, 15) is 0 Å². The molecule has 3 aromatic rings. The highest BCUT2D eigenvalue weighted by Gasteiger charge is 2.23. The Morgan fingerprint density at radius 2 is 2.12 bits per heavy atom. The molecular formula is C22H25N3. The molecule has 1 aliphatic heterocycles.